The van der Waals surface area contributed by atoms with E-state index in [-0.39, 0.29) is 24.9 Å². The zero-order valence-corrected chi connectivity index (χ0v) is 36.8. The van der Waals surface area contributed by atoms with Crippen molar-refractivity contribution in [1.82, 2.24) is 5.32 Å². The molecule has 0 rings (SSSR count). The Labute approximate surface area is 346 Å². The van der Waals surface area contributed by atoms with Crippen molar-refractivity contribution in [2.24, 2.45) is 0 Å². The smallest absolute Gasteiger partial charge is 0.306 e. The summed E-state index contributed by atoms with van der Waals surface area (Å²) in [6.07, 6.45) is 52.9. The molecule has 0 aliphatic rings. The first-order valence-electron chi connectivity index (χ1n) is 23.6. The second-order valence-electron chi connectivity index (χ2n) is 15.9. The molecule has 0 aliphatic carbocycles. The van der Waals surface area contributed by atoms with E-state index in [0.717, 1.165) is 57.8 Å². The number of ether oxygens (including phenoxy) is 1. The van der Waals surface area contributed by atoms with Crippen molar-refractivity contribution in [2.45, 2.75) is 238 Å². The average Bonchev–Trinajstić information content (AvgIpc) is 3.19. The van der Waals surface area contributed by atoms with Crippen LogP contribution in [0.2, 0.25) is 0 Å². The molecule has 3 unspecified atom stereocenters. The summed E-state index contributed by atoms with van der Waals surface area (Å²) in [6, 6.07) is -0.723. The predicted octanol–water partition coefficient (Wildman–Crippen LogP) is 13.7. The number of rotatable bonds is 41. The Morgan fingerprint density at radius 1 is 0.536 bits per heavy atom. The van der Waals surface area contributed by atoms with E-state index in [1.165, 1.54) is 116 Å². The molecule has 56 heavy (non-hydrogen) atoms. The van der Waals surface area contributed by atoms with Gasteiger partial charge in [0.15, 0.2) is 0 Å². The second kappa shape index (κ2) is 43.7. The van der Waals surface area contributed by atoms with Gasteiger partial charge >= 0.3 is 5.97 Å². The zero-order chi connectivity index (χ0) is 41.0. The maximum atomic E-state index is 13.1. The summed E-state index contributed by atoms with van der Waals surface area (Å²) >= 11 is 0. The van der Waals surface area contributed by atoms with E-state index in [0.29, 0.717) is 19.3 Å². The molecule has 0 heterocycles. The fourth-order valence-corrected chi connectivity index (χ4v) is 6.93. The van der Waals surface area contributed by atoms with Gasteiger partial charge in [-0.05, 0) is 38.5 Å². The summed E-state index contributed by atoms with van der Waals surface area (Å²) in [6.45, 7) is 6.29. The summed E-state index contributed by atoms with van der Waals surface area (Å²) in [7, 11) is 0. The monoisotopic (exact) mass is 784 g/mol. The predicted molar refractivity (Wildman–Crippen MR) is 241 cm³/mol. The molecule has 0 saturated heterocycles. The maximum Gasteiger partial charge on any atom is 0.306 e. The van der Waals surface area contributed by atoms with Gasteiger partial charge in [0.25, 0.3) is 0 Å². The molecular weight excluding hydrogens is 695 g/mol. The van der Waals surface area contributed by atoms with Gasteiger partial charge in [-0.15, -0.1) is 0 Å². The lowest BCUT2D eigenvalue weighted by molar-refractivity contribution is -0.151. The highest BCUT2D eigenvalue weighted by Crippen LogP contribution is 2.17. The number of allylic oxidation sites excluding steroid dienone is 10. The third kappa shape index (κ3) is 38.4. The van der Waals surface area contributed by atoms with Gasteiger partial charge in [-0.3, -0.25) is 9.59 Å². The van der Waals surface area contributed by atoms with Gasteiger partial charge in [-0.25, -0.2) is 0 Å². The van der Waals surface area contributed by atoms with Crippen LogP contribution in [-0.2, 0) is 14.3 Å². The lowest BCUT2D eigenvalue weighted by Gasteiger charge is -2.24. The molecule has 1 amide bonds. The molecule has 0 aromatic carbocycles. The third-order valence-corrected chi connectivity index (χ3v) is 10.5. The van der Waals surface area contributed by atoms with Gasteiger partial charge in [0.2, 0.25) is 5.91 Å². The lowest BCUT2D eigenvalue weighted by Crippen LogP contribution is -2.46. The third-order valence-electron chi connectivity index (χ3n) is 10.5. The van der Waals surface area contributed by atoms with Crippen molar-refractivity contribution in [3.05, 3.63) is 60.8 Å². The van der Waals surface area contributed by atoms with Crippen LogP contribution >= 0.6 is 0 Å². The van der Waals surface area contributed by atoms with Crippen molar-refractivity contribution < 1.29 is 24.5 Å². The van der Waals surface area contributed by atoms with Crippen LogP contribution < -0.4 is 5.32 Å². The van der Waals surface area contributed by atoms with E-state index in [4.69, 9.17) is 4.74 Å². The number of hydrogen-bond donors (Lipinski definition) is 3. The van der Waals surface area contributed by atoms with Gasteiger partial charge < -0.3 is 20.3 Å². The highest BCUT2D eigenvalue weighted by Gasteiger charge is 2.24. The van der Waals surface area contributed by atoms with Crippen molar-refractivity contribution in [3.8, 4) is 0 Å². The molecule has 0 spiro atoms. The SMILES string of the molecule is CC/C=C/C=C/C=C\C=C/C=C/CCCC(CC(=O)NC(CO)C(O)CCCCCCCCCCCCCCCCC)OC(=O)CCCCCCCCCCC. The van der Waals surface area contributed by atoms with E-state index >= 15 is 0 Å². The Morgan fingerprint density at radius 3 is 1.43 bits per heavy atom. The molecule has 0 bridgehead atoms. The van der Waals surface area contributed by atoms with Crippen LogP contribution in [0.15, 0.2) is 60.8 Å². The highest BCUT2D eigenvalue weighted by molar-refractivity contribution is 5.77. The van der Waals surface area contributed by atoms with E-state index in [1.54, 1.807) is 0 Å². The average molecular weight is 784 g/mol. The molecule has 0 aromatic heterocycles. The minimum Gasteiger partial charge on any atom is -0.462 e. The number of aliphatic hydroxyl groups is 2. The fraction of sp³-hybridized carbons (Fsp3) is 0.760. The topological polar surface area (TPSA) is 95.9 Å². The Bertz CT molecular complexity index is 1010. The van der Waals surface area contributed by atoms with Crippen molar-refractivity contribution >= 4 is 11.9 Å². The van der Waals surface area contributed by atoms with Crippen LogP contribution in [0.1, 0.15) is 220 Å². The van der Waals surface area contributed by atoms with Crippen molar-refractivity contribution in [2.75, 3.05) is 6.61 Å². The molecule has 0 radical (unpaired) electrons. The summed E-state index contributed by atoms with van der Waals surface area (Å²) < 4.78 is 5.85. The first-order chi connectivity index (χ1) is 27.5. The minimum atomic E-state index is -0.805. The van der Waals surface area contributed by atoms with Crippen molar-refractivity contribution in [1.29, 1.82) is 0 Å². The Kier molecular flexibility index (Phi) is 41.8. The molecule has 324 valence electrons. The Balaban J connectivity index is 4.63. The summed E-state index contributed by atoms with van der Waals surface area (Å²) in [5, 5.41) is 23.7. The molecule has 3 atom stereocenters. The summed E-state index contributed by atoms with van der Waals surface area (Å²) in [4.78, 5) is 25.9. The number of carbonyl (C=O) groups excluding carboxylic acids is 2. The highest BCUT2D eigenvalue weighted by atomic mass is 16.5. The number of aliphatic hydroxyl groups excluding tert-OH is 2. The van der Waals surface area contributed by atoms with Crippen LogP contribution in [0, 0.1) is 0 Å². The van der Waals surface area contributed by atoms with Gasteiger partial charge in [-0.1, -0.05) is 229 Å². The van der Waals surface area contributed by atoms with E-state index in [9.17, 15) is 19.8 Å². The second-order valence-corrected chi connectivity index (χ2v) is 15.9. The van der Waals surface area contributed by atoms with Crippen LogP contribution in [0.4, 0.5) is 0 Å². The maximum absolute atomic E-state index is 13.1. The number of nitrogens with one attached hydrogen (secondary N) is 1. The quantitative estimate of drug-likeness (QED) is 0.0326. The van der Waals surface area contributed by atoms with Gasteiger partial charge in [0.05, 0.1) is 25.2 Å². The Morgan fingerprint density at radius 2 is 0.964 bits per heavy atom. The van der Waals surface area contributed by atoms with Gasteiger partial charge in [0.1, 0.15) is 6.10 Å². The molecule has 6 nitrogen and oxygen atoms in total. The molecule has 0 saturated carbocycles. The molecule has 0 aliphatic heterocycles. The minimum absolute atomic E-state index is 0.0288. The summed E-state index contributed by atoms with van der Waals surface area (Å²) in [5.74, 6) is -0.549. The molecular formula is C50H89NO5. The standard InChI is InChI=1S/C50H89NO5/c1-4-7-10-13-16-19-21-23-24-26-28-31-33-36-39-42-48(53)47(45-52)51-49(54)44-46(56-50(55)43-40-37-34-29-18-15-12-9-6-3)41-38-35-32-30-27-25-22-20-17-14-11-8-5-2/h8,11,14,17,20,22,25,27,30,32,46-48,52-53H,4-7,9-10,12-13,15-16,18-19,21,23-24,26,28-29,31,33-45H2,1-3H3,(H,51,54)/b11-8+,17-14+,22-20-,27-25-,32-30+. The zero-order valence-electron chi connectivity index (χ0n) is 36.8. The molecule has 3 N–H and O–H groups in total. The summed E-state index contributed by atoms with van der Waals surface area (Å²) in [5.41, 5.74) is 0. The lowest BCUT2D eigenvalue weighted by atomic mass is 10.0. The number of hydrogen-bond acceptors (Lipinski definition) is 5. The molecule has 0 fully saturated rings. The number of carbonyl (C=O) groups is 2. The fourth-order valence-electron chi connectivity index (χ4n) is 6.93. The molecule has 0 aromatic rings. The van der Waals surface area contributed by atoms with Crippen LogP contribution in [0.5, 0.6) is 0 Å². The number of unbranched alkanes of at least 4 members (excludes halogenated alkanes) is 23. The number of esters is 1. The van der Waals surface area contributed by atoms with E-state index < -0.39 is 18.2 Å². The van der Waals surface area contributed by atoms with Crippen molar-refractivity contribution in [3.63, 3.8) is 0 Å². The van der Waals surface area contributed by atoms with Crippen LogP contribution in [0.3, 0.4) is 0 Å². The largest absolute Gasteiger partial charge is 0.462 e. The first-order valence-corrected chi connectivity index (χ1v) is 23.6. The van der Waals surface area contributed by atoms with Crippen LogP contribution in [0.25, 0.3) is 0 Å². The van der Waals surface area contributed by atoms with E-state index in [2.05, 4.69) is 38.2 Å². The van der Waals surface area contributed by atoms with Gasteiger partial charge in [-0.2, -0.15) is 0 Å². The molecule has 6 heteroatoms. The van der Waals surface area contributed by atoms with Gasteiger partial charge in [0, 0.05) is 6.42 Å². The first kappa shape index (κ1) is 53.6. The number of amides is 1. The Hall–Kier alpha value is -2.44. The van der Waals surface area contributed by atoms with Crippen LogP contribution in [-0.4, -0.2) is 46.9 Å². The van der Waals surface area contributed by atoms with E-state index in [1.807, 2.05) is 48.6 Å². The normalized spacial score (nSPS) is 13.9.